The van der Waals surface area contributed by atoms with Gasteiger partial charge in [-0.15, -0.1) is 5.01 Å². The minimum absolute atomic E-state index is 0.0484. The molecule has 3 aliphatic rings. The lowest BCUT2D eigenvalue weighted by atomic mass is 9.83. The summed E-state index contributed by atoms with van der Waals surface area (Å²) in [6, 6.07) is 0.323. The zero-order chi connectivity index (χ0) is 23.4. The van der Waals surface area contributed by atoms with Crippen molar-refractivity contribution in [3.63, 3.8) is 0 Å². The van der Waals surface area contributed by atoms with Crippen molar-refractivity contribution in [1.82, 2.24) is 15.5 Å². The molecule has 0 spiro atoms. The van der Waals surface area contributed by atoms with Crippen molar-refractivity contribution in [3.05, 3.63) is 28.4 Å². The van der Waals surface area contributed by atoms with Gasteiger partial charge in [0.1, 0.15) is 17.5 Å². The van der Waals surface area contributed by atoms with E-state index in [1.165, 1.54) is 6.42 Å². The van der Waals surface area contributed by atoms with Crippen molar-refractivity contribution in [3.8, 4) is 0 Å². The fraction of sp³-hybridized carbons (Fsp3) is 0.750. The van der Waals surface area contributed by atoms with Crippen molar-refractivity contribution < 1.29 is 23.8 Å². The van der Waals surface area contributed by atoms with Gasteiger partial charge in [-0.1, -0.05) is 25.9 Å². The normalized spacial score (nSPS) is 29.3. The number of amides is 1. The number of hydrogen-bond acceptors (Lipinski definition) is 6. The van der Waals surface area contributed by atoms with Crippen molar-refractivity contribution in [1.29, 1.82) is 0 Å². The first-order valence-corrected chi connectivity index (χ1v) is 11.9. The molecule has 178 valence electrons. The number of quaternary nitrogens is 1. The quantitative estimate of drug-likeness (QED) is 0.683. The Hall–Kier alpha value is -1.74. The molecule has 2 N–H and O–H groups in total. The predicted octanol–water partition coefficient (Wildman–Crippen LogP) is 3.78. The van der Waals surface area contributed by atoms with Gasteiger partial charge in [0.2, 0.25) is 0 Å². The van der Waals surface area contributed by atoms with E-state index < -0.39 is 6.23 Å². The van der Waals surface area contributed by atoms with Crippen LogP contribution in [0.15, 0.2) is 15.9 Å². The van der Waals surface area contributed by atoms with Crippen LogP contribution in [-0.4, -0.2) is 58.2 Å². The van der Waals surface area contributed by atoms with Crippen molar-refractivity contribution in [2.75, 3.05) is 14.1 Å². The number of carbonyl (C=O) groups excluding carboxylic acids is 1. The number of rotatable bonds is 4. The molecule has 1 saturated carbocycles. The lowest BCUT2D eigenvalue weighted by molar-refractivity contribution is -0.975. The van der Waals surface area contributed by atoms with E-state index >= 15 is 0 Å². The summed E-state index contributed by atoms with van der Waals surface area (Å²) in [5, 5.41) is 20.2. The zero-order valence-electron chi connectivity index (χ0n) is 20.6. The Morgan fingerprint density at radius 2 is 1.81 bits per heavy atom. The van der Waals surface area contributed by atoms with Crippen LogP contribution in [-0.2, 0) is 4.74 Å². The highest BCUT2D eigenvalue weighted by Crippen LogP contribution is 2.41. The van der Waals surface area contributed by atoms with Crippen LogP contribution in [0.2, 0.25) is 0 Å². The second-order valence-corrected chi connectivity index (χ2v) is 11.1. The first-order valence-electron chi connectivity index (χ1n) is 11.9. The first-order chi connectivity index (χ1) is 14.9. The molecular weight excluding hydrogens is 408 g/mol. The van der Waals surface area contributed by atoms with E-state index in [9.17, 15) is 9.90 Å². The zero-order valence-corrected chi connectivity index (χ0v) is 20.6. The molecule has 3 heterocycles. The molecule has 0 bridgehead atoms. The molecule has 8 heteroatoms. The van der Waals surface area contributed by atoms with E-state index in [1.54, 1.807) is 0 Å². The van der Waals surface area contributed by atoms with Crippen LogP contribution in [0.3, 0.4) is 0 Å². The molecule has 2 fully saturated rings. The van der Waals surface area contributed by atoms with Gasteiger partial charge < -0.3 is 19.7 Å². The monoisotopic (exact) mass is 447 g/mol. The molecule has 8 nitrogen and oxygen atoms in total. The summed E-state index contributed by atoms with van der Waals surface area (Å²) in [6.07, 6.45) is 5.34. The number of allylic oxidation sites excluding steroid dienone is 1. The number of aromatic nitrogens is 1. The second-order valence-electron chi connectivity index (χ2n) is 11.1. The number of hydrogen-bond donors (Lipinski definition) is 2. The Labute approximate surface area is 191 Å². The molecular formula is C24H39N4O4+. The molecule has 1 saturated heterocycles. The van der Waals surface area contributed by atoms with Gasteiger partial charge in [-0.05, 0) is 50.9 Å². The Morgan fingerprint density at radius 1 is 1.16 bits per heavy atom. The van der Waals surface area contributed by atoms with Crippen molar-refractivity contribution >= 4 is 5.91 Å². The highest BCUT2D eigenvalue weighted by atomic mass is 16.5. The maximum atomic E-state index is 13.2. The molecule has 1 aromatic heterocycles. The molecule has 0 aromatic carbocycles. The smallest absolute Gasteiger partial charge is 0.278 e. The van der Waals surface area contributed by atoms with Gasteiger partial charge in [0, 0.05) is 12.5 Å². The Morgan fingerprint density at radius 3 is 2.41 bits per heavy atom. The number of aliphatic hydroxyl groups excluding tert-OH is 1. The molecule has 1 amide bonds. The third-order valence-electron chi connectivity index (χ3n) is 7.69. The van der Waals surface area contributed by atoms with Crippen LogP contribution in [0.1, 0.15) is 94.1 Å². The van der Waals surface area contributed by atoms with Crippen molar-refractivity contribution in [2.45, 2.75) is 97.6 Å². The van der Waals surface area contributed by atoms with E-state index in [-0.39, 0.29) is 29.2 Å². The van der Waals surface area contributed by atoms with E-state index in [0.29, 0.717) is 27.7 Å². The number of nitrogens with zero attached hydrogens (tertiary/aromatic N) is 3. The largest absolute Gasteiger partial charge is 0.368 e. The molecule has 32 heavy (non-hydrogen) atoms. The molecule has 1 aromatic rings. The number of nitrogens with one attached hydrogen (secondary N) is 1. The summed E-state index contributed by atoms with van der Waals surface area (Å²) in [7, 11) is 4.09. The van der Waals surface area contributed by atoms with Crippen LogP contribution in [0, 0.1) is 12.3 Å². The Kier molecular flexibility index (Phi) is 6.03. The Bertz CT molecular complexity index is 910. The van der Waals surface area contributed by atoms with Crippen LogP contribution in [0.25, 0.3) is 0 Å². The summed E-state index contributed by atoms with van der Waals surface area (Å²) in [5.74, 6) is 0.276. The lowest BCUT2D eigenvalue weighted by Gasteiger charge is -2.44. The number of aliphatic hydroxyl groups is 1. The highest BCUT2D eigenvalue weighted by molar-refractivity contribution is 5.95. The fourth-order valence-corrected chi connectivity index (χ4v) is 5.17. The minimum Gasteiger partial charge on any atom is -0.368 e. The SMILES string of the molecule is CC1=C(NC(=O)c2noc([C@@H]3CCC[C@H](C(C)(C)C)O3)c2C)C(O)N(C2CCC2)[N+]1(C)C. The minimum atomic E-state index is -0.847. The summed E-state index contributed by atoms with van der Waals surface area (Å²) in [6.45, 7) is 10.4. The van der Waals surface area contributed by atoms with E-state index in [2.05, 4.69) is 36.3 Å². The van der Waals surface area contributed by atoms with Crippen LogP contribution in [0.5, 0.6) is 0 Å². The van der Waals surface area contributed by atoms with E-state index in [4.69, 9.17) is 9.26 Å². The van der Waals surface area contributed by atoms with Gasteiger partial charge >= 0.3 is 0 Å². The van der Waals surface area contributed by atoms with Gasteiger partial charge in [0.15, 0.2) is 17.7 Å². The van der Waals surface area contributed by atoms with Gasteiger partial charge in [-0.2, -0.15) is 0 Å². The van der Waals surface area contributed by atoms with Gasteiger partial charge in [0.05, 0.1) is 26.2 Å². The standard InChI is InChI=1S/C24H38N4O4/c1-14-19(26-32-21(14)17-12-9-13-18(31-17)24(3,4)5)22(29)25-20-15(2)28(6,7)27(23(20)30)16-10-8-11-16/h16-18,23,30H,8-13H2,1-7H3/p+1/t17-,18+,23?/m0/s1. The molecule has 1 aliphatic carbocycles. The summed E-state index contributed by atoms with van der Waals surface area (Å²) < 4.78 is 12.4. The van der Waals surface area contributed by atoms with E-state index in [0.717, 1.165) is 37.8 Å². The first kappa shape index (κ1) is 23.4. The van der Waals surface area contributed by atoms with Crippen LogP contribution >= 0.6 is 0 Å². The third-order valence-corrected chi connectivity index (χ3v) is 7.69. The highest BCUT2D eigenvalue weighted by Gasteiger charge is 2.51. The third kappa shape index (κ3) is 3.91. The fourth-order valence-electron chi connectivity index (χ4n) is 5.17. The second kappa shape index (κ2) is 8.24. The summed E-state index contributed by atoms with van der Waals surface area (Å²) in [5.41, 5.74) is 2.46. The molecule has 2 aliphatic heterocycles. The lowest BCUT2D eigenvalue weighted by Crippen LogP contribution is -2.59. The van der Waals surface area contributed by atoms with Gasteiger partial charge in [-0.3, -0.25) is 4.79 Å². The maximum absolute atomic E-state index is 13.2. The molecule has 0 radical (unpaired) electrons. The van der Waals surface area contributed by atoms with Crippen LogP contribution < -0.4 is 5.32 Å². The summed E-state index contributed by atoms with van der Waals surface area (Å²) >= 11 is 0. The topological polar surface area (TPSA) is 87.8 Å². The van der Waals surface area contributed by atoms with Gasteiger partial charge in [0.25, 0.3) is 5.91 Å². The average Bonchev–Trinajstić information content (AvgIpc) is 3.14. The average molecular weight is 448 g/mol. The Balaban J connectivity index is 1.51. The van der Waals surface area contributed by atoms with Crippen LogP contribution in [0.4, 0.5) is 0 Å². The van der Waals surface area contributed by atoms with Gasteiger partial charge in [-0.25, -0.2) is 4.59 Å². The predicted molar refractivity (Wildman–Crippen MR) is 120 cm³/mol. The maximum Gasteiger partial charge on any atom is 0.278 e. The van der Waals surface area contributed by atoms with Crippen molar-refractivity contribution in [2.24, 2.45) is 5.41 Å². The summed E-state index contributed by atoms with van der Waals surface area (Å²) in [4.78, 5) is 13.2. The molecule has 1 unspecified atom stereocenters. The number of ether oxygens (including phenoxy) is 1. The van der Waals surface area contributed by atoms with E-state index in [1.807, 2.05) is 27.9 Å². The molecule has 3 atom stereocenters. The number of carbonyl (C=O) groups is 1. The molecule has 4 rings (SSSR count).